The average molecular weight is 429 g/mol. The summed E-state index contributed by atoms with van der Waals surface area (Å²) in [5.74, 6) is 1.34. The van der Waals surface area contributed by atoms with Crippen molar-refractivity contribution in [2.24, 2.45) is 0 Å². The molecule has 3 nitrogen and oxygen atoms in total. The highest BCUT2D eigenvalue weighted by Gasteiger charge is 2.05. The van der Waals surface area contributed by atoms with Gasteiger partial charge in [-0.15, -0.1) is 0 Å². The van der Waals surface area contributed by atoms with Crippen LogP contribution in [0.15, 0.2) is 54.6 Å². The number of ether oxygens (including phenoxy) is 1. The first-order chi connectivity index (χ1) is 15.8. The van der Waals surface area contributed by atoms with E-state index in [0.29, 0.717) is 16.9 Å². The molecule has 0 heterocycles. The monoisotopic (exact) mass is 428 g/mol. The first-order valence-corrected chi connectivity index (χ1v) is 12.1. The van der Waals surface area contributed by atoms with Crippen molar-refractivity contribution in [1.82, 2.24) is 0 Å². The lowest BCUT2D eigenvalue weighted by Crippen LogP contribution is -1.91. The van der Waals surface area contributed by atoms with Crippen molar-refractivity contribution in [2.75, 3.05) is 0 Å². The molecule has 0 fully saturated rings. The van der Waals surface area contributed by atoms with Crippen molar-refractivity contribution in [3.05, 3.63) is 71.3 Å². The van der Waals surface area contributed by atoms with Crippen LogP contribution < -0.4 is 4.74 Å². The molecular weight excluding hydrogens is 392 g/mol. The maximum Gasteiger partial charge on any atom is 0.128 e. The molecule has 2 rings (SSSR count). The van der Waals surface area contributed by atoms with Crippen molar-refractivity contribution in [3.8, 4) is 23.6 Å². The minimum absolute atomic E-state index is 0.337. The molecular formula is C29H36N2O. The summed E-state index contributed by atoms with van der Waals surface area (Å²) in [4.78, 5) is 0. The smallest absolute Gasteiger partial charge is 0.128 e. The number of nitriles is 2. The maximum atomic E-state index is 9.17. The lowest BCUT2D eigenvalue weighted by atomic mass is 10.0. The molecule has 168 valence electrons. The number of rotatable bonds is 15. The van der Waals surface area contributed by atoms with Crippen LogP contribution in [-0.2, 0) is 6.42 Å². The summed E-state index contributed by atoms with van der Waals surface area (Å²) in [5.41, 5.74) is 1.97. The van der Waals surface area contributed by atoms with Crippen molar-refractivity contribution in [2.45, 2.75) is 84.0 Å². The highest BCUT2D eigenvalue weighted by Crippen LogP contribution is 2.25. The van der Waals surface area contributed by atoms with Crippen molar-refractivity contribution in [1.29, 1.82) is 10.5 Å². The fourth-order valence-corrected chi connectivity index (χ4v) is 3.72. The van der Waals surface area contributed by atoms with Crippen LogP contribution in [0.4, 0.5) is 0 Å². The predicted octanol–water partition coefficient (Wildman–Crippen LogP) is 8.63. The summed E-state index contributed by atoms with van der Waals surface area (Å²) < 4.78 is 5.91. The third-order valence-corrected chi connectivity index (χ3v) is 5.59. The van der Waals surface area contributed by atoms with Gasteiger partial charge in [-0.1, -0.05) is 69.7 Å². The van der Waals surface area contributed by atoms with Crippen LogP contribution in [0.5, 0.6) is 11.5 Å². The van der Waals surface area contributed by atoms with Gasteiger partial charge in [-0.2, -0.15) is 10.5 Å². The van der Waals surface area contributed by atoms with E-state index in [-0.39, 0.29) is 0 Å². The Morgan fingerprint density at radius 2 is 1.38 bits per heavy atom. The molecule has 32 heavy (non-hydrogen) atoms. The van der Waals surface area contributed by atoms with E-state index in [2.05, 4.69) is 31.2 Å². The second-order valence-corrected chi connectivity index (χ2v) is 8.31. The van der Waals surface area contributed by atoms with Crippen LogP contribution in [0.3, 0.4) is 0 Å². The van der Waals surface area contributed by atoms with Crippen LogP contribution in [0, 0.1) is 22.7 Å². The summed E-state index contributed by atoms with van der Waals surface area (Å²) in [6.07, 6.45) is 20.0. The number of hydrogen-bond donors (Lipinski definition) is 0. The van der Waals surface area contributed by atoms with Gasteiger partial charge >= 0.3 is 0 Å². The van der Waals surface area contributed by atoms with Gasteiger partial charge in [0.1, 0.15) is 23.6 Å². The molecule has 0 atom stereocenters. The van der Waals surface area contributed by atoms with Crippen molar-refractivity contribution in [3.63, 3.8) is 0 Å². The third-order valence-electron chi connectivity index (χ3n) is 5.59. The molecule has 0 radical (unpaired) electrons. The summed E-state index contributed by atoms with van der Waals surface area (Å²) in [7, 11) is 0. The standard InChI is InChI=1S/C29H36N2O/c1-2-3-4-5-6-7-8-9-10-11-12-13-14-16-25-17-15-18-28(21-25)32-29-20-19-26(23-30)27(22-29)24-31/h7-8,15,17-22H,2-6,9-14,16H2,1H3/b8-7+. The molecule has 0 spiro atoms. The Morgan fingerprint density at radius 3 is 2.09 bits per heavy atom. The topological polar surface area (TPSA) is 56.8 Å². The quantitative estimate of drug-likeness (QED) is 0.211. The van der Waals surface area contributed by atoms with E-state index in [1.165, 1.54) is 76.2 Å². The Labute approximate surface area is 194 Å². The normalized spacial score (nSPS) is 10.7. The molecule has 0 N–H and O–H groups in total. The van der Waals surface area contributed by atoms with E-state index < -0.39 is 0 Å². The van der Waals surface area contributed by atoms with Crippen LogP contribution in [-0.4, -0.2) is 0 Å². The Hall–Kier alpha value is -3.04. The Bertz CT molecular complexity index is 917. The minimum atomic E-state index is 0.337. The Kier molecular flexibility index (Phi) is 12.4. The average Bonchev–Trinajstić information content (AvgIpc) is 2.82. The van der Waals surface area contributed by atoms with E-state index in [0.717, 1.165) is 12.2 Å². The first kappa shape index (κ1) is 25.2. The van der Waals surface area contributed by atoms with E-state index >= 15 is 0 Å². The summed E-state index contributed by atoms with van der Waals surface area (Å²) in [6, 6.07) is 17.2. The van der Waals surface area contributed by atoms with Gasteiger partial charge in [0.05, 0.1) is 11.1 Å². The highest BCUT2D eigenvalue weighted by atomic mass is 16.5. The molecule has 0 unspecified atom stereocenters. The third kappa shape index (κ3) is 9.84. The van der Waals surface area contributed by atoms with Gasteiger partial charge in [0.15, 0.2) is 0 Å². The second-order valence-electron chi connectivity index (χ2n) is 8.31. The van der Waals surface area contributed by atoms with Gasteiger partial charge in [-0.05, 0) is 74.4 Å². The highest BCUT2D eigenvalue weighted by molar-refractivity contribution is 5.50. The molecule has 0 bridgehead atoms. The Balaban J connectivity index is 1.63. The van der Waals surface area contributed by atoms with Gasteiger partial charge in [-0.3, -0.25) is 0 Å². The zero-order valence-electron chi connectivity index (χ0n) is 19.5. The zero-order chi connectivity index (χ0) is 22.9. The van der Waals surface area contributed by atoms with E-state index in [4.69, 9.17) is 10.00 Å². The largest absolute Gasteiger partial charge is 0.457 e. The molecule has 2 aromatic carbocycles. The molecule has 2 aromatic rings. The molecule has 0 saturated heterocycles. The van der Waals surface area contributed by atoms with Crippen LogP contribution >= 0.6 is 0 Å². The van der Waals surface area contributed by atoms with Gasteiger partial charge < -0.3 is 4.74 Å². The number of nitrogens with zero attached hydrogens (tertiary/aromatic N) is 2. The van der Waals surface area contributed by atoms with Gasteiger partial charge in [0.2, 0.25) is 0 Å². The van der Waals surface area contributed by atoms with Crippen molar-refractivity contribution >= 4 is 0 Å². The molecule has 3 heteroatoms. The van der Waals surface area contributed by atoms with E-state index in [9.17, 15) is 5.26 Å². The number of allylic oxidation sites excluding steroid dienone is 2. The fraction of sp³-hybridized carbons (Fsp3) is 0.448. The lowest BCUT2D eigenvalue weighted by Gasteiger charge is -2.08. The number of aryl methyl sites for hydroxylation is 1. The van der Waals surface area contributed by atoms with Crippen molar-refractivity contribution < 1.29 is 4.74 Å². The van der Waals surface area contributed by atoms with Crippen LogP contribution in [0.25, 0.3) is 0 Å². The second kappa shape index (κ2) is 15.7. The maximum absolute atomic E-state index is 9.17. The molecule has 0 aromatic heterocycles. The zero-order valence-corrected chi connectivity index (χ0v) is 19.5. The SMILES string of the molecule is CCCCCC/C=C/CCCCCCCc1cccc(Oc2ccc(C#N)c(C#N)c2)c1. The summed E-state index contributed by atoms with van der Waals surface area (Å²) >= 11 is 0. The number of unbranched alkanes of at least 4 members (excludes halogenated alkanes) is 9. The molecule has 0 saturated carbocycles. The van der Waals surface area contributed by atoms with E-state index in [1.807, 2.05) is 24.3 Å². The van der Waals surface area contributed by atoms with Gasteiger partial charge in [0, 0.05) is 0 Å². The lowest BCUT2D eigenvalue weighted by molar-refractivity contribution is 0.481. The molecule has 0 aliphatic carbocycles. The minimum Gasteiger partial charge on any atom is -0.457 e. The van der Waals surface area contributed by atoms with Gasteiger partial charge in [0.25, 0.3) is 0 Å². The fourth-order valence-electron chi connectivity index (χ4n) is 3.72. The van der Waals surface area contributed by atoms with Crippen LogP contribution in [0.2, 0.25) is 0 Å². The van der Waals surface area contributed by atoms with E-state index in [1.54, 1.807) is 18.2 Å². The summed E-state index contributed by atoms with van der Waals surface area (Å²) in [6.45, 7) is 2.26. The van der Waals surface area contributed by atoms with Crippen LogP contribution in [0.1, 0.15) is 94.2 Å². The first-order valence-electron chi connectivity index (χ1n) is 12.1. The van der Waals surface area contributed by atoms with Gasteiger partial charge in [-0.25, -0.2) is 0 Å². The molecule has 0 aliphatic rings. The molecule has 0 aliphatic heterocycles. The Morgan fingerprint density at radius 1 is 0.719 bits per heavy atom. The number of benzene rings is 2. The molecule has 0 amide bonds. The predicted molar refractivity (Wildman–Crippen MR) is 132 cm³/mol. The number of hydrogen-bond acceptors (Lipinski definition) is 3. The summed E-state index contributed by atoms with van der Waals surface area (Å²) in [5, 5.41) is 18.2.